The van der Waals surface area contributed by atoms with E-state index in [0.717, 1.165) is 11.8 Å². The fourth-order valence-corrected chi connectivity index (χ4v) is 3.14. The van der Waals surface area contributed by atoms with Crippen LogP contribution in [0.25, 0.3) is 0 Å². The van der Waals surface area contributed by atoms with Crippen LogP contribution in [-0.4, -0.2) is 28.2 Å². The smallest absolute Gasteiger partial charge is 0.478 e. The Balaban J connectivity index is 1.30. The van der Waals surface area contributed by atoms with Crippen LogP contribution in [0.2, 0.25) is 0 Å². The van der Waals surface area contributed by atoms with Gasteiger partial charge in [-0.25, -0.2) is 4.39 Å². The first kappa shape index (κ1) is 20.8. The van der Waals surface area contributed by atoms with Gasteiger partial charge in [-0.3, -0.25) is 4.79 Å². The first-order valence-corrected chi connectivity index (χ1v) is 9.85. The molecule has 162 valence electrons. The van der Waals surface area contributed by atoms with Crippen molar-refractivity contribution in [2.24, 2.45) is 0 Å². The summed E-state index contributed by atoms with van der Waals surface area (Å²) >= 11 is 0.963. The van der Waals surface area contributed by atoms with E-state index >= 15 is 0 Å². The minimum atomic E-state index is -3.73. The zero-order valence-electron chi connectivity index (χ0n) is 15.8. The molecule has 0 saturated heterocycles. The van der Waals surface area contributed by atoms with Gasteiger partial charge in [0.1, 0.15) is 0 Å². The Labute approximate surface area is 177 Å². The van der Waals surface area contributed by atoms with Gasteiger partial charge in [0.25, 0.3) is 11.1 Å². The van der Waals surface area contributed by atoms with Crippen LogP contribution in [0.1, 0.15) is 18.9 Å². The molecular formula is C19H14F3N3O5S. The molecule has 1 aliphatic heterocycles. The van der Waals surface area contributed by atoms with E-state index in [0.29, 0.717) is 0 Å². The van der Waals surface area contributed by atoms with E-state index < -0.39 is 24.1 Å². The molecule has 31 heavy (non-hydrogen) atoms. The lowest BCUT2D eigenvalue weighted by atomic mass is 10.3. The number of hydrogen-bond donors (Lipinski definition) is 1. The maximum atomic E-state index is 13.7. The van der Waals surface area contributed by atoms with E-state index in [2.05, 4.69) is 25.0 Å². The maximum absolute atomic E-state index is 13.7. The molecule has 8 nitrogen and oxygen atoms in total. The molecule has 2 aromatic carbocycles. The number of fused-ring (bicyclic) bond motifs is 1. The number of rotatable bonds is 7. The summed E-state index contributed by atoms with van der Waals surface area (Å²) in [5, 5.41) is 10.3. The van der Waals surface area contributed by atoms with Gasteiger partial charge in [0.05, 0.1) is 5.75 Å². The van der Waals surface area contributed by atoms with Crippen molar-refractivity contribution in [2.75, 3.05) is 11.1 Å². The summed E-state index contributed by atoms with van der Waals surface area (Å²) < 4.78 is 59.3. The van der Waals surface area contributed by atoms with Crippen molar-refractivity contribution in [3.05, 3.63) is 54.2 Å². The van der Waals surface area contributed by atoms with Gasteiger partial charge in [-0.15, -0.1) is 19.0 Å². The molecule has 1 atom stereocenters. The van der Waals surface area contributed by atoms with Crippen molar-refractivity contribution in [1.82, 2.24) is 10.2 Å². The first-order valence-electron chi connectivity index (χ1n) is 8.86. The number of aromatic nitrogens is 2. The number of alkyl halides is 2. The largest absolute Gasteiger partial charge is 0.586 e. The number of halogens is 3. The van der Waals surface area contributed by atoms with Gasteiger partial charge in [0, 0.05) is 11.8 Å². The molecule has 1 unspecified atom stereocenters. The van der Waals surface area contributed by atoms with E-state index in [4.69, 9.17) is 9.15 Å². The minimum Gasteiger partial charge on any atom is -0.478 e. The van der Waals surface area contributed by atoms with Gasteiger partial charge >= 0.3 is 6.29 Å². The third-order valence-corrected chi connectivity index (χ3v) is 4.74. The van der Waals surface area contributed by atoms with Crippen molar-refractivity contribution >= 4 is 23.4 Å². The molecule has 0 fully saturated rings. The van der Waals surface area contributed by atoms with Crippen molar-refractivity contribution in [1.29, 1.82) is 0 Å². The number of para-hydroxylation sites is 1. The third-order valence-electron chi connectivity index (χ3n) is 3.92. The second kappa shape index (κ2) is 8.38. The van der Waals surface area contributed by atoms with Gasteiger partial charge in [-0.2, -0.15) is 0 Å². The van der Waals surface area contributed by atoms with Crippen LogP contribution in [0, 0.1) is 5.82 Å². The molecule has 1 aliphatic rings. The number of amides is 1. The maximum Gasteiger partial charge on any atom is 0.586 e. The second-order valence-corrected chi connectivity index (χ2v) is 7.19. The molecule has 0 spiro atoms. The number of anilines is 1. The average molecular weight is 453 g/mol. The molecular weight excluding hydrogens is 439 g/mol. The van der Waals surface area contributed by atoms with E-state index in [1.54, 1.807) is 13.0 Å². The van der Waals surface area contributed by atoms with Crippen molar-refractivity contribution in [3.8, 4) is 17.2 Å². The van der Waals surface area contributed by atoms with Gasteiger partial charge in [-0.1, -0.05) is 23.9 Å². The summed E-state index contributed by atoms with van der Waals surface area (Å²) in [7, 11) is 0. The monoisotopic (exact) mass is 453 g/mol. The van der Waals surface area contributed by atoms with Crippen molar-refractivity contribution < 1.29 is 36.6 Å². The van der Waals surface area contributed by atoms with Crippen LogP contribution in [0.5, 0.6) is 17.2 Å². The highest BCUT2D eigenvalue weighted by atomic mass is 32.2. The summed E-state index contributed by atoms with van der Waals surface area (Å²) in [5.74, 6) is -1.19. The summed E-state index contributed by atoms with van der Waals surface area (Å²) in [6, 6.07) is 9.80. The van der Waals surface area contributed by atoms with Crippen molar-refractivity contribution in [2.45, 2.75) is 24.5 Å². The van der Waals surface area contributed by atoms with E-state index in [1.165, 1.54) is 36.4 Å². The number of hydrogen-bond acceptors (Lipinski definition) is 8. The molecule has 0 bridgehead atoms. The van der Waals surface area contributed by atoms with Gasteiger partial charge in [0.2, 0.25) is 5.91 Å². The lowest BCUT2D eigenvalue weighted by Gasteiger charge is -2.11. The number of carbonyl (C=O) groups is 1. The summed E-state index contributed by atoms with van der Waals surface area (Å²) in [5.41, 5.74) is 0.253. The normalized spacial score (nSPS) is 14.8. The predicted octanol–water partition coefficient (Wildman–Crippen LogP) is 4.40. The number of nitrogens with zero attached hydrogens (tertiary/aromatic N) is 2. The Hall–Kier alpha value is -3.41. The molecule has 3 aromatic rings. The van der Waals surface area contributed by atoms with Crippen LogP contribution in [0.3, 0.4) is 0 Å². The lowest BCUT2D eigenvalue weighted by molar-refractivity contribution is -0.286. The fraction of sp³-hybridized carbons (Fsp3) is 0.211. The van der Waals surface area contributed by atoms with E-state index in [1.807, 2.05) is 0 Å². The summed E-state index contributed by atoms with van der Waals surface area (Å²) in [6.45, 7) is 1.62. The highest BCUT2D eigenvalue weighted by Gasteiger charge is 2.43. The Morgan fingerprint density at radius 2 is 1.97 bits per heavy atom. The molecule has 2 heterocycles. The van der Waals surface area contributed by atoms with Gasteiger partial charge in [0.15, 0.2) is 29.2 Å². The molecule has 1 N–H and O–H groups in total. The fourth-order valence-electron chi connectivity index (χ4n) is 2.58. The Morgan fingerprint density at radius 1 is 1.19 bits per heavy atom. The zero-order valence-corrected chi connectivity index (χ0v) is 16.6. The quantitative estimate of drug-likeness (QED) is 0.526. The van der Waals surface area contributed by atoms with Crippen molar-refractivity contribution in [3.63, 3.8) is 0 Å². The molecule has 0 saturated carbocycles. The van der Waals surface area contributed by atoms with Crippen LogP contribution >= 0.6 is 11.8 Å². The molecule has 12 heteroatoms. The van der Waals surface area contributed by atoms with Crippen LogP contribution < -0.4 is 19.5 Å². The third kappa shape index (κ3) is 5.02. The SMILES string of the molecule is CC(Oc1ccccc1F)c1nnc(SCC(=O)Nc2ccc3c(c2)OC(F)(F)O3)o1. The van der Waals surface area contributed by atoms with E-state index in [-0.39, 0.29) is 39.8 Å². The first-order chi connectivity index (χ1) is 14.8. The Morgan fingerprint density at radius 3 is 2.77 bits per heavy atom. The standard InChI is InChI=1S/C19H14F3N3O5S/c1-10(27-13-5-3-2-4-12(13)20)17-24-25-18(28-17)31-9-16(26)23-11-6-7-14-15(8-11)30-19(21,22)29-14/h2-8,10H,9H2,1H3,(H,23,26). The number of carbonyl (C=O) groups excluding carboxylic acids is 1. The predicted molar refractivity (Wildman–Crippen MR) is 102 cm³/mol. The molecule has 4 rings (SSSR count). The lowest BCUT2D eigenvalue weighted by Crippen LogP contribution is -2.25. The summed E-state index contributed by atoms with van der Waals surface area (Å²) in [4.78, 5) is 12.1. The topological polar surface area (TPSA) is 95.7 Å². The zero-order chi connectivity index (χ0) is 22.0. The molecule has 0 radical (unpaired) electrons. The highest BCUT2D eigenvalue weighted by Crippen LogP contribution is 2.42. The average Bonchev–Trinajstić information content (AvgIpc) is 3.30. The van der Waals surface area contributed by atoms with Gasteiger partial charge < -0.3 is 23.9 Å². The number of nitrogens with one attached hydrogen (secondary N) is 1. The minimum absolute atomic E-state index is 0.0447. The molecule has 1 aromatic heterocycles. The van der Waals surface area contributed by atoms with Crippen LogP contribution in [0.15, 0.2) is 52.1 Å². The molecule has 0 aliphatic carbocycles. The number of thioether (sulfide) groups is 1. The number of ether oxygens (including phenoxy) is 3. The van der Waals surface area contributed by atoms with Gasteiger partial charge in [-0.05, 0) is 31.2 Å². The van der Waals surface area contributed by atoms with Crippen LogP contribution in [-0.2, 0) is 4.79 Å². The van der Waals surface area contributed by atoms with Crippen LogP contribution in [0.4, 0.5) is 18.9 Å². The second-order valence-electron chi connectivity index (χ2n) is 6.26. The number of benzene rings is 2. The Kier molecular flexibility index (Phi) is 5.63. The highest BCUT2D eigenvalue weighted by molar-refractivity contribution is 7.99. The summed E-state index contributed by atoms with van der Waals surface area (Å²) in [6.07, 6.45) is -4.44. The van der Waals surface area contributed by atoms with E-state index in [9.17, 15) is 18.0 Å². The molecule has 1 amide bonds. The Bertz CT molecular complexity index is 1110.